The molecule has 1 heterocycles. The van der Waals surface area contributed by atoms with Gasteiger partial charge in [0.05, 0.1) is 18.1 Å². The third-order valence-corrected chi connectivity index (χ3v) is 7.10. The molecule has 2 aromatic carbocycles. The number of sulfonamides is 1. The first-order valence-corrected chi connectivity index (χ1v) is 10.9. The zero-order valence-corrected chi connectivity index (χ0v) is 17.8. The van der Waals surface area contributed by atoms with Crippen LogP contribution in [0.5, 0.6) is 0 Å². The Bertz CT molecular complexity index is 1000. The van der Waals surface area contributed by atoms with Gasteiger partial charge in [-0.1, -0.05) is 23.7 Å². The fourth-order valence-electron chi connectivity index (χ4n) is 3.13. The molecule has 6 nitrogen and oxygen atoms in total. The van der Waals surface area contributed by atoms with Crippen LogP contribution in [0.4, 0.5) is 4.39 Å². The second-order valence-corrected chi connectivity index (χ2v) is 9.20. The quantitative estimate of drug-likeness (QED) is 0.716. The van der Waals surface area contributed by atoms with Gasteiger partial charge in [-0.3, -0.25) is 4.79 Å². The van der Waals surface area contributed by atoms with Crippen LogP contribution in [0.3, 0.4) is 0 Å². The molecule has 2 aromatic rings. The summed E-state index contributed by atoms with van der Waals surface area (Å²) in [6.07, 6.45) is 0. The number of hydrogen-bond donors (Lipinski definition) is 0. The van der Waals surface area contributed by atoms with Crippen LogP contribution < -0.4 is 0 Å². The second-order valence-electron chi connectivity index (χ2n) is 6.85. The maximum absolute atomic E-state index is 14.1. The van der Waals surface area contributed by atoms with Crippen molar-refractivity contribution < 1.29 is 22.3 Å². The van der Waals surface area contributed by atoms with Gasteiger partial charge < -0.3 is 9.64 Å². The zero-order chi connectivity index (χ0) is 21.2. The monoisotopic (exact) mass is 440 g/mol. The Balaban J connectivity index is 1.88. The molecule has 1 amide bonds. The third-order valence-electron chi connectivity index (χ3n) is 4.85. The van der Waals surface area contributed by atoms with Crippen LogP contribution in [0.1, 0.15) is 21.5 Å². The van der Waals surface area contributed by atoms with Crippen molar-refractivity contribution in [1.29, 1.82) is 0 Å². The second kappa shape index (κ2) is 8.79. The van der Waals surface area contributed by atoms with E-state index in [9.17, 15) is 17.6 Å². The smallest absolute Gasteiger partial charge is 0.254 e. The molecule has 0 unspecified atom stereocenters. The topological polar surface area (TPSA) is 66.9 Å². The number of benzene rings is 2. The van der Waals surface area contributed by atoms with Crippen LogP contribution in [0.15, 0.2) is 41.3 Å². The van der Waals surface area contributed by atoms with Gasteiger partial charge in [-0.15, -0.1) is 0 Å². The number of ether oxygens (including phenoxy) is 1. The highest BCUT2D eigenvalue weighted by Crippen LogP contribution is 2.24. The molecule has 29 heavy (non-hydrogen) atoms. The average molecular weight is 441 g/mol. The molecule has 0 atom stereocenters. The van der Waals surface area contributed by atoms with E-state index in [1.807, 2.05) is 0 Å². The number of morpholine rings is 1. The van der Waals surface area contributed by atoms with E-state index in [-0.39, 0.29) is 40.7 Å². The average Bonchev–Trinajstić information content (AvgIpc) is 2.71. The number of hydrogen-bond acceptors (Lipinski definition) is 4. The van der Waals surface area contributed by atoms with E-state index < -0.39 is 21.7 Å². The van der Waals surface area contributed by atoms with E-state index in [0.717, 1.165) is 0 Å². The molecule has 3 rings (SSSR count). The van der Waals surface area contributed by atoms with Crippen molar-refractivity contribution in [2.75, 3.05) is 33.4 Å². The summed E-state index contributed by atoms with van der Waals surface area (Å²) in [6.45, 7) is 2.90. The number of carbonyl (C=O) groups is 1. The molecule has 0 aromatic heterocycles. The SMILES string of the molecule is Cc1ccc(S(=O)(=O)N2CCOCC2)cc1C(=O)N(C)Cc1c(F)cccc1Cl. The molecule has 156 valence electrons. The minimum Gasteiger partial charge on any atom is -0.379 e. The highest BCUT2D eigenvalue weighted by molar-refractivity contribution is 7.89. The summed E-state index contributed by atoms with van der Waals surface area (Å²) in [7, 11) is -2.21. The predicted molar refractivity (Wildman–Crippen MR) is 108 cm³/mol. The van der Waals surface area contributed by atoms with Crippen molar-refractivity contribution in [3.05, 3.63) is 63.9 Å². The molecule has 0 spiro atoms. The summed E-state index contributed by atoms with van der Waals surface area (Å²) in [6, 6.07) is 8.80. The molecular weight excluding hydrogens is 419 g/mol. The molecule has 1 fully saturated rings. The van der Waals surface area contributed by atoms with Crippen molar-refractivity contribution in [2.45, 2.75) is 18.4 Å². The Hall–Kier alpha value is -2.00. The molecule has 0 bridgehead atoms. The minimum atomic E-state index is -3.73. The molecular formula is C20H22ClFN2O4S. The summed E-state index contributed by atoms with van der Waals surface area (Å²) in [5.41, 5.74) is 1.08. The Morgan fingerprint density at radius 2 is 1.93 bits per heavy atom. The fraction of sp³-hybridized carbons (Fsp3) is 0.350. The van der Waals surface area contributed by atoms with Crippen molar-refractivity contribution in [3.63, 3.8) is 0 Å². The van der Waals surface area contributed by atoms with E-state index in [2.05, 4.69) is 0 Å². The number of halogens is 2. The summed E-state index contributed by atoms with van der Waals surface area (Å²) in [5, 5.41) is 0.227. The molecule has 0 radical (unpaired) electrons. The molecule has 0 N–H and O–H groups in total. The fourth-order valence-corrected chi connectivity index (χ4v) is 4.78. The van der Waals surface area contributed by atoms with Crippen LogP contribution >= 0.6 is 11.6 Å². The number of nitrogens with zero attached hydrogens (tertiary/aromatic N) is 2. The molecule has 1 aliphatic rings. The van der Waals surface area contributed by atoms with E-state index in [4.69, 9.17) is 16.3 Å². The lowest BCUT2D eigenvalue weighted by molar-refractivity contribution is 0.0730. The predicted octanol–water partition coefficient (Wildman–Crippen LogP) is 3.08. The highest BCUT2D eigenvalue weighted by atomic mass is 35.5. The number of amides is 1. The summed E-state index contributed by atoms with van der Waals surface area (Å²) in [5.74, 6) is -0.918. The van der Waals surface area contributed by atoms with Crippen LogP contribution in [-0.2, 0) is 21.3 Å². The van der Waals surface area contributed by atoms with Gasteiger partial charge in [-0.05, 0) is 36.8 Å². The van der Waals surface area contributed by atoms with Crippen LogP contribution in [-0.4, -0.2) is 56.9 Å². The number of aryl methyl sites for hydroxylation is 1. The summed E-state index contributed by atoms with van der Waals surface area (Å²) < 4.78 is 46.4. The van der Waals surface area contributed by atoms with Crippen molar-refractivity contribution >= 4 is 27.5 Å². The first-order chi connectivity index (χ1) is 13.7. The van der Waals surface area contributed by atoms with Crippen molar-refractivity contribution in [1.82, 2.24) is 9.21 Å². The zero-order valence-electron chi connectivity index (χ0n) is 16.2. The van der Waals surface area contributed by atoms with E-state index >= 15 is 0 Å². The molecule has 1 saturated heterocycles. The molecule has 0 aliphatic carbocycles. The lowest BCUT2D eigenvalue weighted by Gasteiger charge is -2.26. The van der Waals surface area contributed by atoms with Gasteiger partial charge in [0.25, 0.3) is 5.91 Å². The van der Waals surface area contributed by atoms with Gasteiger partial charge in [-0.2, -0.15) is 4.31 Å². The van der Waals surface area contributed by atoms with Gasteiger partial charge in [0, 0.05) is 42.8 Å². The Morgan fingerprint density at radius 1 is 1.24 bits per heavy atom. The first-order valence-electron chi connectivity index (χ1n) is 9.08. The standard InChI is InChI=1S/C20H22ClFN2O4S/c1-14-6-7-15(29(26,27)24-8-10-28-11-9-24)12-16(14)20(25)23(2)13-17-18(21)4-3-5-19(17)22/h3-7,12H,8-11,13H2,1-2H3. The Labute approximate surface area is 174 Å². The number of carbonyl (C=O) groups excluding carboxylic acids is 1. The molecule has 1 aliphatic heterocycles. The minimum absolute atomic E-state index is 0.0375. The van der Waals surface area contributed by atoms with Crippen molar-refractivity contribution in [3.8, 4) is 0 Å². The van der Waals surface area contributed by atoms with E-state index in [1.165, 1.54) is 40.5 Å². The van der Waals surface area contributed by atoms with Crippen LogP contribution in [0, 0.1) is 12.7 Å². The van der Waals surface area contributed by atoms with Crippen LogP contribution in [0.25, 0.3) is 0 Å². The normalized spacial score (nSPS) is 15.3. The Kier molecular flexibility index (Phi) is 6.58. The molecule has 9 heteroatoms. The lowest BCUT2D eigenvalue weighted by Crippen LogP contribution is -2.40. The number of rotatable bonds is 5. The lowest BCUT2D eigenvalue weighted by atomic mass is 10.1. The van der Waals surface area contributed by atoms with Crippen LogP contribution in [0.2, 0.25) is 5.02 Å². The van der Waals surface area contributed by atoms with E-state index in [1.54, 1.807) is 19.1 Å². The largest absolute Gasteiger partial charge is 0.379 e. The first kappa shape index (κ1) is 21.7. The van der Waals surface area contributed by atoms with Gasteiger partial charge in [0.2, 0.25) is 10.0 Å². The van der Waals surface area contributed by atoms with Gasteiger partial charge in [0.1, 0.15) is 5.82 Å². The summed E-state index contributed by atoms with van der Waals surface area (Å²) in [4.78, 5) is 14.3. The van der Waals surface area contributed by atoms with Gasteiger partial charge in [-0.25, -0.2) is 12.8 Å². The Morgan fingerprint density at radius 3 is 2.59 bits per heavy atom. The third kappa shape index (κ3) is 4.61. The summed E-state index contributed by atoms with van der Waals surface area (Å²) >= 11 is 6.05. The van der Waals surface area contributed by atoms with Gasteiger partial charge in [0.15, 0.2) is 0 Å². The maximum atomic E-state index is 14.1. The molecule has 0 saturated carbocycles. The maximum Gasteiger partial charge on any atom is 0.254 e. The van der Waals surface area contributed by atoms with Gasteiger partial charge >= 0.3 is 0 Å². The van der Waals surface area contributed by atoms with E-state index in [0.29, 0.717) is 18.8 Å². The van der Waals surface area contributed by atoms with Crippen molar-refractivity contribution in [2.24, 2.45) is 0 Å². The highest BCUT2D eigenvalue weighted by Gasteiger charge is 2.28.